The molecule has 0 amide bonds. The Kier molecular flexibility index (Phi) is 3.32. The SMILES string of the molecule is CC1C(=O)CCN(c2cc(F)cc(F)c2F)C1C. The molecule has 98 valence electrons. The number of anilines is 1. The summed E-state index contributed by atoms with van der Waals surface area (Å²) in [5, 5.41) is 0. The highest BCUT2D eigenvalue weighted by atomic mass is 19.2. The van der Waals surface area contributed by atoms with Crippen molar-refractivity contribution in [2.24, 2.45) is 5.92 Å². The highest BCUT2D eigenvalue weighted by molar-refractivity contribution is 5.84. The van der Waals surface area contributed by atoms with Crippen LogP contribution in [0.3, 0.4) is 0 Å². The lowest BCUT2D eigenvalue weighted by molar-refractivity contribution is -0.123. The Morgan fingerprint density at radius 2 is 1.89 bits per heavy atom. The largest absolute Gasteiger partial charge is 0.365 e. The van der Waals surface area contributed by atoms with Gasteiger partial charge in [0.25, 0.3) is 0 Å². The van der Waals surface area contributed by atoms with Crippen molar-refractivity contribution in [1.82, 2.24) is 0 Å². The molecule has 0 aliphatic carbocycles. The molecule has 0 radical (unpaired) electrons. The van der Waals surface area contributed by atoms with Crippen molar-refractivity contribution in [3.63, 3.8) is 0 Å². The van der Waals surface area contributed by atoms with Crippen LogP contribution in [0.1, 0.15) is 20.3 Å². The van der Waals surface area contributed by atoms with Gasteiger partial charge in [0.2, 0.25) is 0 Å². The highest BCUT2D eigenvalue weighted by Gasteiger charge is 2.32. The lowest BCUT2D eigenvalue weighted by atomic mass is 9.90. The zero-order chi connectivity index (χ0) is 13.4. The Morgan fingerprint density at radius 1 is 1.22 bits per heavy atom. The molecule has 1 heterocycles. The van der Waals surface area contributed by atoms with Crippen LogP contribution in [0.25, 0.3) is 0 Å². The van der Waals surface area contributed by atoms with E-state index in [1.54, 1.807) is 18.7 Å². The van der Waals surface area contributed by atoms with Gasteiger partial charge in [-0.3, -0.25) is 4.79 Å². The number of carbonyl (C=O) groups excluding carboxylic acids is 1. The summed E-state index contributed by atoms with van der Waals surface area (Å²) in [7, 11) is 0. The molecule has 0 saturated carbocycles. The third-order valence-electron chi connectivity index (χ3n) is 3.61. The Hall–Kier alpha value is -1.52. The van der Waals surface area contributed by atoms with Crippen LogP contribution in [0.15, 0.2) is 12.1 Å². The number of rotatable bonds is 1. The lowest BCUT2D eigenvalue weighted by Gasteiger charge is -2.38. The molecule has 1 fully saturated rings. The normalized spacial score (nSPS) is 24.5. The molecule has 0 spiro atoms. The molecular weight excluding hydrogens is 243 g/mol. The first kappa shape index (κ1) is 12.9. The third kappa shape index (κ3) is 2.09. The summed E-state index contributed by atoms with van der Waals surface area (Å²) >= 11 is 0. The fourth-order valence-corrected chi connectivity index (χ4v) is 2.29. The summed E-state index contributed by atoms with van der Waals surface area (Å²) in [6.07, 6.45) is 0.267. The number of nitrogens with zero attached hydrogens (tertiary/aromatic N) is 1. The molecule has 1 aromatic rings. The van der Waals surface area contributed by atoms with Crippen LogP contribution in [0, 0.1) is 23.4 Å². The summed E-state index contributed by atoms with van der Waals surface area (Å²) in [5.74, 6) is -3.27. The Morgan fingerprint density at radius 3 is 2.56 bits per heavy atom. The number of benzene rings is 1. The topological polar surface area (TPSA) is 20.3 Å². The van der Waals surface area contributed by atoms with E-state index in [4.69, 9.17) is 0 Å². The van der Waals surface area contributed by atoms with Crippen LogP contribution in [-0.4, -0.2) is 18.4 Å². The van der Waals surface area contributed by atoms with Gasteiger partial charge in [-0.1, -0.05) is 6.92 Å². The van der Waals surface area contributed by atoms with Crippen LogP contribution >= 0.6 is 0 Å². The first-order valence-electron chi connectivity index (χ1n) is 5.85. The molecule has 2 nitrogen and oxygen atoms in total. The van der Waals surface area contributed by atoms with E-state index in [-0.39, 0.29) is 36.4 Å². The Balaban J connectivity index is 2.40. The van der Waals surface area contributed by atoms with Gasteiger partial charge in [0.05, 0.1) is 5.69 Å². The Bertz CT molecular complexity index is 489. The number of carbonyl (C=O) groups is 1. The van der Waals surface area contributed by atoms with Crippen LogP contribution in [0.4, 0.5) is 18.9 Å². The second-order valence-electron chi connectivity index (χ2n) is 4.66. The first-order chi connectivity index (χ1) is 8.41. The van der Waals surface area contributed by atoms with E-state index < -0.39 is 17.5 Å². The molecule has 2 rings (SSSR count). The minimum Gasteiger partial charge on any atom is -0.365 e. The van der Waals surface area contributed by atoms with E-state index in [0.29, 0.717) is 6.07 Å². The maximum Gasteiger partial charge on any atom is 0.182 e. The van der Waals surface area contributed by atoms with Gasteiger partial charge in [-0.05, 0) is 6.92 Å². The maximum atomic E-state index is 13.7. The van der Waals surface area contributed by atoms with Gasteiger partial charge in [-0.2, -0.15) is 0 Å². The van der Waals surface area contributed by atoms with Crippen LogP contribution in [0.5, 0.6) is 0 Å². The van der Waals surface area contributed by atoms with Gasteiger partial charge < -0.3 is 4.90 Å². The van der Waals surface area contributed by atoms with E-state index in [1.807, 2.05) is 0 Å². The molecule has 1 aliphatic rings. The number of halogens is 3. The van der Waals surface area contributed by atoms with E-state index >= 15 is 0 Å². The Labute approximate surface area is 103 Å². The first-order valence-corrected chi connectivity index (χ1v) is 5.85. The smallest absolute Gasteiger partial charge is 0.182 e. The standard InChI is InChI=1S/C13H14F3NO/c1-7-8(2)17(4-3-12(7)18)11-6-9(14)5-10(15)13(11)16/h5-8H,3-4H2,1-2H3. The van der Waals surface area contributed by atoms with Crippen LogP contribution < -0.4 is 4.90 Å². The molecule has 0 N–H and O–H groups in total. The van der Waals surface area contributed by atoms with Gasteiger partial charge in [-0.25, -0.2) is 13.2 Å². The van der Waals surface area contributed by atoms with Gasteiger partial charge in [0.15, 0.2) is 11.6 Å². The summed E-state index contributed by atoms with van der Waals surface area (Å²) in [4.78, 5) is 13.1. The predicted molar refractivity (Wildman–Crippen MR) is 61.9 cm³/mol. The molecule has 1 saturated heterocycles. The van der Waals surface area contributed by atoms with Crippen molar-refractivity contribution in [3.05, 3.63) is 29.6 Å². The summed E-state index contributed by atoms with van der Waals surface area (Å²) in [6, 6.07) is 1.21. The molecule has 2 unspecified atom stereocenters. The summed E-state index contributed by atoms with van der Waals surface area (Å²) in [6.45, 7) is 3.78. The van der Waals surface area contributed by atoms with Gasteiger partial charge >= 0.3 is 0 Å². The van der Waals surface area contributed by atoms with Crippen molar-refractivity contribution in [2.45, 2.75) is 26.3 Å². The van der Waals surface area contributed by atoms with Crippen molar-refractivity contribution < 1.29 is 18.0 Å². The van der Waals surface area contributed by atoms with Crippen molar-refractivity contribution >= 4 is 11.5 Å². The van der Waals surface area contributed by atoms with Crippen LogP contribution in [0.2, 0.25) is 0 Å². The molecule has 2 atom stereocenters. The zero-order valence-corrected chi connectivity index (χ0v) is 10.2. The second-order valence-corrected chi connectivity index (χ2v) is 4.66. The van der Waals surface area contributed by atoms with Crippen molar-refractivity contribution in [1.29, 1.82) is 0 Å². The lowest BCUT2D eigenvalue weighted by Crippen LogP contribution is -2.47. The average molecular weight is 257 g/mol. The number of ketones is 1. The summed E-state index contributed by atoms with van der Waals surface area (Å²) < 4.78 is 40.0. The molecule has 0 bridgehead atoms. The molecule has 1 aromatic carbocycles. The fraction of sp³-hybridized carbons (Fsp3) is 0.462. The molecule has 18 heavy (non-hydrogen) atoms. The molecule has 1 aliphatic heterocycles. The van der Waals surface area contributed by atoms with Gasteiger partial charge in [0.1, 0.15) is 11.6 Å². The monoisotopic (exact) mass is 257 g/mol. The van der Waals surface area contributed by atoms with Crippen LogP contribution in [-0.2, 0) is 4.79 Å². The fourth-order valence-electron chi connectivity index (χ4n) is 2.29. The number of hydrogen-bond acceptors (Lipinski definition) is 2. The van der Waals surface area contributed by atoms with E-state index in [1.165, 1.54) is 0 Å². The molecule has 0 aromatic heterocycles. The average Bonchev–Trinajstić information content (AvgIpc) is 2.31. The number of piperidine rings is 1. The number of Topliss-reactive ketones (excluding diaryl/α,β-unsaturated/α-hetero) is 1. The van der Waals surface area contributed by atoms with Gasteiger partial charge in [0, 0.05) is 37.1 Å². The van der Waals surface area contributed by atoms with Gasteiger partial charge in [-0.15, -0.1) is 0 Å². The zero-order valence-electron chi connectivity index (χ0n) is 10.2. The third-order valence-corrected chi connectivity index (χ3v) is 3.61. The van der Waals surface area contributed by atoms with E-state index in [0.717, 1.165) is 6.07 Å². The minimum absolute atomic E-state index is 0.0935. The quantitative estimate of drug-likeness (QED) is 0.721. The van der Waals surface area contributed by atoms with E-state index in [9.17, 15) is 18.0 Å². The van der Waals surface area contributed by atoms with Crippen molar-refractivity contribution in [2.75, 3.05) is 11.4 Å². The maximum absolute atomic E-state index is 13.7. The van der Waals surface area contributed by atoms with Crippen molar-refractivity contribution in [3.8, 4) is 0 Å². The molecule has 5 heteroatoms. The number of hydrogen-bond donors (Lipinski definition) is 0. The minimum atomic E-state index is -1.21. The second kappa shape index (κ2) is 4.63. The summed E-state index contributed by atoms with van der Waals surface area (Å²) in [5.41, 5.74) is -0.112. The predicted octanol–water partition coefficient (Wildman–Crippen LogP) is 2.91. The highest BCUT2D eigenvalue weighted by Crippen LogP contribution is 2.30. The molecular formula is C13H14F3NO. The van der Waals surface area contributed by atoms with E-state index in [2.05, 4.69) is 0 Å².